The van der Waals surface area contributed by atoms with E-state index in [4.69, 9.17) is 0 Å². The fraction of sp³-hybridized carbons (Fsp3) is 0.375. The molecule has 2 rings (SSSR count). The van der Waals surface area contributed by atoms with Crippen LogP contribution in [0.4, 0.5) is 0 Å². The lowest BCUT2D eigenvalue weighted by molar-refractivity contribution is -0.122. The van der Waals surface area contributed by atoms with Crippen LogP contribution in [0.1, 0.15) is 37.4 Å². The van der Waals surface area contributed by atoms with E-state index in [2.05, 4.69) is 28.9 Å². The summed E-state index contributed by atoms with van der Waals surface area (Å²) in [6.45, 7) is 5.90. The van der Waals surface area contributed by atoms with Gasteiger partial charge in [-0.05, 0) is 25.0 Å². The SMILES string of the molecule is CC(NS(=O)(=O)c1ccccc1)C(=O)NCc1nc(C(C)C)cs1. The first-order chi connectivity index (χ1) is 11.3. The molecule has 0 aliphatic heterocycles. The van der Waals surface area contributed by atoms with Crippen molar-refractivity contribution in [1.29, 1.82) is 0 Å². The molecule has 2 N–H and O–H groups in total. The minimum absolute atomic E-state index is 0.131. The number of hydrogen-bond acceptors (Lipinski definition) is 5. The van der Waals surface area contributed by atoms with Crippen molar-refractivity contribution in [2.75, 3.05) is 0 Å². The van der Waals surface area contributed by atoms with Crippen LogP contribution in [0.5, 0.6) is 0 Å². The van der Waals surface area contributed by atoms with Crippen molar-refractivity contribution in [3.05, 3.63) is 46.4 Å². The molecular formula is C16H21N3O3S2. The summed E-state index contributed by atoms with van der Waals surface area (Å²) >= 11 is 1.48. The molecule has 2 aromatic rings. The largest absolute Gasteiger partial charge is 0.348 e. The lowest BCUT2D eigenvalue weighted by Gasteiger charge is -2.14. The number of rotatable bonds is 7. The second kappa shape index (κ2) is 7.87. The number of benzene rings is 1. The minimum Gasteiger partial charge on any atom is -0.348 e. The van der Waals surface area contributed by atoms with Crippen molar-refractivity contribution in [3.8, 4) is 0 Å². The Hall–Kier alpha value is -1.77. The fourth-order valence-electron chi connectivity index (χ4n) is 1.94. The third-order valence-electron chi connectivity index (χ3n) is 3.35. The van der Waals surface area contributed by atoms with Crippen LogP contribution >= 0.6 is 11.3 Å². The fourth-order valence-corrected chi connectivity index (χ4v) is 4.06. The van der Waals surface area contributed by atoms with Crippen LogP contribution in [0.15, 0.2) is 40.6 Å². The maximum Gasteiger partial charge on any atom is 0.241 e. The summed E-state index contributed by atoms with van der Waals surface area (Å²) in [4.78, 5) is 16.7. The number of carbonyl (C=O) groups is 1. The minimum atomic E-state index is -3.72. The van der Waals surface area contributed by atoms with E-state index in [-0.39, 0.29) is 11.4 Å². The van der Waals surface area contributed by atoms with Crippen LogP contribution in [0.3, 0.4) is 0 Å². The van der Waals surface area contributed by atoms with Crippen LogP contribution in [0, 0.1) is 0 Å². The normalized spacial score (nSPS) is 13.0. The van der Waals surface area contributed by atoms with Gasteiger partial charge in [-0.15, -0.1) is 11.3 Å². The highest BCUT2D eigenvalue weighted by atomic mass is 32.2. The summed E-state index contributed by atoms with van der Waals surface area (Å²) in [5.41, 5.74) is 0.988. The van der Waals surface area contributed by atoms with Gasteiger partial charge in [0.15, 0.2) is 0 Å². The average molecular weight is 367 g/mol. The van der Waals surface area contributed by atoms with E-state index in [9.17, 15) is 13.2 Å². The second-order valence-electron chi connectivity index (χ2n) is 5.69. The monoisotopic (exact) mass is 367 g/mol. The van der Waals surface area contributed by atoms with Crippen molar-refractivity contribution < 1.29 is 13.2 Å². The van der Waals surface area contributed by atoms with Gasteiger partial charge in [0.25, 0.3) is 0 Å². The van der Waals surface area contributed by atoms with Crippen molar-refractivity contribution >= 4 is 27.3 Å². The maximum absolute atomic E-state index is 12.2. The van der Waals surface area contributed by atoms with E-state index in [0.717, 1.165) is 10.7 Å². The molecule has 8 heteroatoms. The molecule has 0 saturated heterocycles. The first kappa shape index (κ1) is 18.6. The Morgan fingerprint density at radius 1 is 1.21 bits per heavy atom. The van der Waals surface area contributed by atoms with E-state index in [1.807, 2.05) is 5.38 Å². The number of amides is 1. The number of hydrogen-bond donors (Lipinski definition) is 2. The van der Waals surface area contributed by atoms with E-state index in [0.29, 0.717) is 5.92 Å². The maximum atomic E-state index is 12.2. The third-order valence-corrected chi connectivity index (χ3v) is 5.78. The quantitative estimate of drug-likeness (QED) is 0.786. The molecule has 0 aliphatic carbocycles. The molecule has 130 valence electrons. The van der Waals surface area contributed by atoms with Crippen molar-refractivity contribution in [1.82, 2.24) is 15.0 Å². The number of nitrogens with zero attached hydrogens (tertiary/aromatic N) is 1. The summed E-state index contributed by atoms with van der Waals surface area (Å²) in [7, 11) is -3.72. The Kier molecular flexibility index (Phi) is 6.09. The molecule has 0 aliphatic rings. The summed E-state index contributed by atoms with van der Waals surface area (Å²) in [5, 5.41) is 5.47. The number of nitrogens with one attached hydrogen (secondary N) is 2. The molecule has 0 fully saturated rings. The number of sulfonamides is 1. The first-order valence-electron chi connectivity index (χ1n) is 7.59. The molecule has 0 saturated carbocycles. The molecule has 24 heavy (non-hydrogen) atoms. The van der Waals surface area contributed by atoms with Crippen molar-refractivity contribution in [2.45, 2.75) is 44.2 Å². The van der Waals surface area contributed by atoms with Crippen LogP contribution < -0.4 is 10.0 Å². The average Bonchev–Trinajstić information content (AvgIpc) is 3.02. The molecule has 0 radical (unpaired) electrons. The van der Waals surface area contributed by atoms with Gasteiger partial charge in [-0.2, -0.15) is 4.72 Å². The predicted molar refractivity (Wildman–Crippen MR) is 94.3 cm³/mol. The zero-order chi connectivity index (χ0) is 17.7. The van der Waals surface area contributed by atoms with Gasteiger partial charge < -0.3 is 5.32 Å². The molecule has 1 aromatic heterocycles. The van der Waals surface area contributed by atoms with Crippen LogP contribution in [-0.4, -0.2) is 25.4 Å². The van der Waals surface area contributed by atoms with Gasteiger partial charge in [0.2, 0.25) is 15.9 Å². The summed E-state index contributed by atoms with van der Waals surface area (Å²) in [6, 6.07) is 7.09. The Morgan fingerprint density at radius 3 is 2.46 bits per heavy atom. The highest BCUT2D eigenvalue weighted by Gasteiger charge is 2.21. The Bertz CT molecular complexity index is 786. The molecule has 0 bridgehead atoms. The predicted octanol–water partition coefficient (Wildman–Crippen LogP) is 2.25. The van der Waals surface area contributed by atoms with Crippen molar-refractivity contribution in [3.63, 3.8) is 0 Å². The van der Waals surface area contributed by atoms with Crippen LogP contribution in [0.25, 0.3) is 0 Å². The molecular weight excluding hydrogens is 346 g/mol. The molecule has 0 spiro atoms. The van der Waals surface area contributed by atoms with Gasteiger partial charge in [-0.3, -0.25) is 4.79 Å². The molecule has 1 heterocycles. The summed E-state index contributed by atoms with van der Waals surface area (Å²) < 4.78 is 26.8. The Labute approximate surface area is 146 Å². The molecule has 1 unspecified atom stereocenters. The number of aromatic nitrogens is 1. The standard InChI is InChI=1S/C16H21N3O3S2/c1-11(2)14-10-23-15(18-14)9-17-16(20)12(3)19-24(21,22)13-7-5-4-6-8-13/h4-8,10-12,19H,9H2,1-3H3,(H,17,20). The second-order valence-corrected chi connectivity index (χ2v) is 8.35. The van der Waals surface area contributed by atoms with Crippen molar-refractivity contribution in [2.24, 2.45) is 0 Å². The Balaban J connectivity index is 1.92. The van der Waals surface area contributed by atoms with E-state index in [1.165, 1.54) is 30.4 Å². The van der Waals surface area contributed by atoms with Gasteiger partial charge in [0, 0.05) is 5.38 Å². The van der Waals surface area contributed by atoms with Gasteiger partial charge in [0.1, 0.15) is 5.01 Å². The Morgan fingerprint density at radius 2 is 1.88 bits per heavy atom. The van der Waals surface area contributed by atoms with E-state index >= 15 is 0 Å². The topological polar surface area (TPSA) is 88.2 Å². The molecule has 6 nitrogen and oxygen atoms in total. The number of carbonyl (C=O) groups excluding carboxylic acids is 1. The van der Waals surface area contributed by atoms with Crippen LogP contribution in [0.2, 0.25) is 0 Å². The zero-order valence-electron chi connectivity index (χ0n) is 13.8. The molecule has 1 amide bonds. The zero-order valence-corrected chi connectivity index (χ0v) is 15.4. The first-order valence-corrected chi connectivity index (χ1v) is 9.95. The van der Waals surface area contributed by atoms with Gasteiger partial charge in [-0.25, -0.2) is 13.4 Å². The van der Waals surface area contributed by atoms with Gasteiger partial charge in [0.05, 0.1) is 23.2 Å². The van der Waals surface area contributed by atoms with E-state index in [1.54, 1.807) is 18.2 Å². The van der Waals surface area contributed by atoms with Crippen LogP contribution in [-0.2, 0) is 21.4 Å². The smallest absolute Gasteiger partial charge is 0.241 e. The lowest BCUT2D eigenvalue weighted by atomic mass is 10.2. The number of thiazole rings is 1. The molecule has 1 aromatic carbocycles. The summed E-state index contributed by atoms with van der Waals surface area (Å²) in [5.74, 6) is -0.0573. The highest BCUT2D eigenvalue weighted by molar-refractivity contribution is 7.89. The molecule has 1 atom stereocenters. The van der Waals surface area contributed by atoms with E-state index < -0.39 is 22.0 Å². The highest BCUT2D eigenvalue weighted by Crippen LogP contribution is 2.17. The van der Waals surface area contributed by atoms with Gasteiger partial charge in [-0.1, -0.05) is 32.0 Å². The summed E-state index contributed by atoms with van der Waals surface area (Å²) in [6.07, 6.45) is 0. The lowest BCUT2D eigenvalue weighted by Crippen LogP contribution is -2.44. The van der Waals surface area contributed by atoms with Gasteiger partial charge >= 0.3 is 0 Å². The third kappa shape index (κ3) is 4.86.